The Balaban J connectivity index is 1.99. The minimum atomic E-state index is -3.12. The molecule has 0 spiro atoms. The Bertz CT molecular complexity index is 816. The predicted molar refractivity (Wildman–Crippen MR) is 102 cm³/mol. The number of halogens is 2. The van der Waals surface area contributed by atoms with E-state index >= 15 is 0 Å². The Kier molecular flexibility index (Phi) is 7.05. The van der Waals surface area contributed by atoms with Gasteiger partial charge in [0.15, 0.2) is 9.84 Å². The maximum atomic E-state index is 13.2. The minimum Gasteiger partial charge on any atom is -0.334 e. The van der Waals surface area contributed by atoms with Gasteiger partial charge in [0.1, 0.15) is 11.9 Å². The van der Waals surface area contributed by atoms with Gasteiger partial charge in [-0.15, -0.1) is 0 Å². The summed E-state index contributed by atoms with van der Waals surface area (Å²) in [6.07, 6.45) is 0.724. The highest BCUT2D eigenvalue weighted by atomic mass is 35.5. The van der Waals surface area contributed by atoms with Crippen LogP contribution in [0, 0.1) is 11.7 Å². The lowest BCUT2D eigenvalue weighted by Gasteiger charge is -2.21. The van der Waals surface area contributed by atoms with E-state index in [1.165, 1.54) is 12.1 Å². The van der Waals surface area contributed by atoms with Crippen LogP contribution in [-0.2, 0) is 14.6 Å². The zero-order valence-corrected chi connectivity index (χ0v) is 16.7. The van der Waals surface area contributed by atoms with Gasteiger partial charge < -0.3 is 16.0 Å². The van der Waals surface area contributed by atoms with Gasteiger partial charge in [0.25, 0.3) is 0 Å². The van der Waals surface area contributed by atoms with Gasteiger partial charge in [0.2, 0.25) is 5.91 Å². The van der Waals surface area contributed by atoms with Crippen LogP contribution in [0.15, 0.2) is 18.2 Å². The molecule has 0 bridgehead atoms. The van der Waals surface area contributed by atoms with Gasteiger partial charge in [0, 0.05) is 11.7 Å². The number of nitrogens with one attached hydrogen (secondary N) is 3. The molecule has 1 heterocycles. The molecule has 2 rings (SSSR count). The molecule has 0 saturated carbocycles. The van der Waals surface area contributed by atoms with Gasteiger partial charge >= 0.3 is 6.03 Å². The molecule has 1 unspecified atom stereocenters. The van der Waals surface area contributed by atoms with Crippen molar-refractivity contribution in [3.05, 3.63) is 29.0 Å². The number of sulfone groups is 1. The van der Waals surface area contributed by atoms with Crippen molar-refractivity contribution >= 4 is 39.1 Å². The highest BCUT2D eigenvalue weighted by Crippen LogP contribution is 2.20. The number of carbonyl (C=O) groups is 2. The molecule has 1 saturated heterocycles. The zero-order valence-electron chi connectivity index (χ0n) is 15.1. The minimum absolute atomic E-state index is 0.0409. The lowest BCUT2D eigenvalue weighted by atomic mass is 10.0. The Hall–Kier alpha value is -1.87. The summed E-state index contributed by atoms with van der Waals surface area (Å²) in [6.45, 7) is 3.80. The van der Waals surface area contributed by atoms with Crippen LogP contribution in [0.5, 0.6) is 0 Å². The highest BCUT2D eigenvalue weighted by Gasteiger charge is 2.30. The third kappa shape index (κ3) is 6.66. The monoisotopic (exact) mass is 419 g/mol. The molecule has 3 amide bonds. The second-order valence-corrected chi connectivity index (χ2v) is 9.65. The maximum Gasteiger partial charge on any atom is 0.315 e. The number of anilines is 1. The summed E-state index contributed by atoms with van der Waals surface area (Å²) < 4.78 is 36.2. The molecule has 3 N–H and O–H groups in total. The van der Waals surface area contributed by atoms with Crippen LogP contribution in [0.2, 0.25) is 5.02 Å². The largest absolute Gasteiger partial charge is 0.334 e. The van der Waals surface area contributed by atoms with Crippen molar-refractivity contribution in [2.24, 2.45) is 5.92 Å². The van der Waals surface area contributed by atoms with E-state index in [9.17, 15) is 22.4 Å². The molecule has 2 atom stereocenters. The fraction of sp³-hybridized carbons (Fsp3) is 0.529. The van der Waals surface area contributed by atoms with Gasteiger partial charge in [-0.1, -0.05) is 25.4 Å². The third-order valence-electron chi connectivity index (χ3n) is 4.08. The van der Waals surface area contributed by atoms with Crippen LogP contribution in [0.3, 0.4) is 0 Å². The van der Waals surface area contributed by atoms with Crippen molar-refractivity contribution in [1.82, 2.24) is 10.6 Å². The topological polar surface area (TPSA) is 104 Å². The average molecular weight is 420 g/mol. The molecular formula is C17H23ClFN3O4S. The SMILES string of the molecule is CC(C)C[C@@H](NC(=O)NC1CCS(=O)(=O)C1)C(=O)Nc1ccc(F)c(Cl)c1. The van der Waals surface area contributed by atoms with Gasteiger partial charge in [-0.25, -0.2) is 17.6 Å². The molecule has 1 aliphatic heterocycles. The van der Waals surface area contributed by atoms with Crippen LogP contribution < -0.4 is 16.0 Å². The summed E-state index contributed by atoms with van der Waals surface area (Å²) in [5.74, 6) is -1.02. The van der Waals surface area contributed by atoms with Crippen molar-refractivity contribution in [3.63, 3.8) is 0 Å². The first-order valence-corrected chi connectivity index (χ1v) is 10.8. The molecule has 7 nitrogen and oxygen atoms in total. The van der Waals surface area contributed by atoms with E-state index in [0.29, 0.717) is 18.5 Å². The zero-order chi connectivity index (χ0) is 20.2. The standard InChI is InChI=1S/C17H23ClFN3O4S/c1-10(2)7-15(16(23)20-11-3-4-14(19)13(18)8-11)22-17(24)21-12-5-6-27(25,26)9-12/h3-4,8,10,12,15H,5-7,9H2,1-2H3,(H,20,23)(H2,21,22,24)/t12?,15-/m1/s1. The van der Waals surface area contributed by atoms with Gasteiger partial charge in [-0.2, -0.15) is 0 Å². The van der Waals surface area contributed by atoms with Crippen LogP contribution in [-0.4, -0.2) is 43.9 Å². The van der Waals surface area contributed by atoms with Crippen molar-refractivity contribution in [3.8, 4) is 0 Å². The van der Waals surface area contributed by atoms with E-state index in [4.69, 9.17) is 11.6 Å². The van der Waals surface area contributed by atoms with E-state index in [-0.39, 0.29) is 22.4 Å². The second kappa shape index (κ2) is 8.88. The van der Waals surface area contributed by atoms with Crippen molar-refractivity contribution in [2.45, 2.75) is 38.8 Å². The molecule has 10 heteroatoms. The van der Waals surface area contributed by atoms with Crippen molar-refractivity contribution < 1.29 is 22.4 Å². The van der Waals surface area contributed by atoms with Gasteiger partial charge in [-0.3, -0.25) is 4.79 Å². The number of carbonyl (C=O) groups excluding carboxylic acids is 2. The van der Waals surface area contributed by atoms with Crippen molar-refractivity contribution in [1.29, 1.82) is 0 Å². The first-order valence-electron chi connectivity index (χ1n) is 8.59. The van der Waals surface area contributed by atoms with Crippen LogP contribution in [0.4, 0.5) is 14.9 Å². The molecule has 1 aromatic rings. The lowest BCUT2D eigenvalue weighted by molar-refractivity contribution is -0.118. The average Bonchev–Trinajstić information content (AvgIpc) is 2.88. The number of hydrogen-bond acceptors (Lipinski definition) is 4. The first kappa shape index (κ1) is 21.4. The summed E-state index contributed by atoms with van der Waals surface area (Å²) in [6, 6.07) is 1.88. The number of rotatable bonds is 6. The van der Waals surface area contributed by atoms with Gasteiger partial charge in [-0.05, 0) is 37.0 Å². The Morgan fingerprint density at radius 1 is 1.33 bits per heavy atom. The fourth-order valence-electron chi connectivity index (χ4n) is 2.80. The van der Waals surface area contributed by atoms with E-state index in [1.54, 1.807) is 0 Å². The summed E-state index contributed by atoms with van der Waals surface area (Å²) >= 11 is 5.71. The number of benzene rings is 1. The lowest BCUT2D eigenvalue weighted by Crippen LogP contribution is -2.51. The second-order valence-electron chi connectivity index (χ2n) is 7.02. The molecule has 27 heavy (non-hydrogen) atoms. The molecule has 1 aromatic carbocycles. The normalized spacial score (nSPS) is 19.5. The number of hydrogen-bond donors (Lipinski definition) is 3. The van der Waals surface area contributed by atoms with Crippen LogP contribution in [0.1, 0.15) is 26.7 Å². The number of amides is 3. The first-order chi connectivity index (χ1) is 12.6. The molecule has 150 valence electrons. The smallest absolute Gasteiger partial charge is 0.315 e. The Morgan fingerprint density at radius 3 is 2.59 bits per heavy atom. The van der Waals surface area contributed by atoms with Crippen LogP contribution >= 0.6 is 11.6 Å². The Morgan fingerprint density at radius 2 is 2.04 bits per heavy atom. The quantitative estimate of drug-likeness (QED) is 0.658. The Labute approximate surface area is 163 Å². The summed E-state index contributed by atoms with van der Waals surface area (Å²) in [5.41, 5.74) is 0.309. The maximum absolute atomic E-state index is 13.2. The fourth-order valence-corrected chi connectivity index (χ4v) is 4.65. The molecular weight excluding hydrogens is 397 g/mol. The van der Waals surface area contributed by atoms with E-state index < -0.39 is 39.7 Å². The summed E-state index contributed by atoms with van der Waals surface area (Å²) in [5, 5.41) is 7.65. The third-order valence-corrected chi connectivity index (χ3v) is 6.14. The molecule has 1 aliphatic rings. The van der Waals surface area contributed by atoms with Crippen molar-refractivity contribution in [2.75, 3.05) is 16.8 Å². The molecule has 1 fully saturated rings. The predicted octanol–water partition coefficient (Wildman–Crippen LogP) is 2.32. The van der Waals surface area contributed by atoms with E-state index in [2.05, 4.69) is 16.0 Å². The van der Waals surface area contributed by atoms with E-state index in [0.717, 1.165) is 6.07 Å². The van der Waals surface area contributed by atoms with E-state index in [1.807, 2.05) is 13.8 Å². The number of urea groups is 1. The summed E-state index contributed by atoms with van der Waals surface area (Å²) in [7, 11) is -3.12. The van der Waals surface area contributed by atoms with Crippen LogP contribution in [0.25, 0.3) is 0 Å². The van der Waals surface area contributed by atoms with Gasteiger partial charge in [0.05, 0.1) is 16.5 Å². The highest BCUT2D eigenvalue weighted by molar-refractivity contribution is 7.91. The molecule has 0 radical (unpaired) electrons. The molecule has 0 aliphatic carbocycles. The summed E-state index contributed by atoms with van der Waals surface area (Å²) in [4.78, 5) is 24.7. The molecule has 0 aromatic heterocycles.